The van der Waals surface area contributed by atoms with Crippen LogP contribution in [0.2, 0.25) is 0 Å². The van der Waals surface area contributed by atoms with Gasteiger partial charge in [0.25, 0.3) is 5.91 Å². The van der Waals surface area contributed by atoms with E-state index >= 15 is 0 Å². The van der Waals surface area contributed by atoms with Crippen LogP contribution in [0.4, 0.5) is 5.69 Å². The summed E-state index contributed by atoms with van der Waals surface area (Å²) in [7, 11) is 0. The van der Waals surface area contributed by atoms with E-state index in [1.54, 1.807) is 0 Å². The van der Waals surface area contributed by atoms with Gasteiger partial charge in [0.1, 0.15) is 0 Å². The maximum Gasteiger partial charge on any atom is 0.255 e. The summed E-state index contributed by atoms with van der Waals surface area (Å²) < 4.78 is 0. The molecule has 2 atom stereocenters. The third kappa shape index (κ3) is 5.26. The van der Waals surface area contributed by atoms with E-state index in [4.69, 9.17) is 0 Å². The van der Waals surface area contributed by atoms with Gasteiger partial charge in [0.05, 0.1) is 0 Å². The lowest BCUT2D eigenvalue weighted by Gasteiger charge is -2.32. The summed E-state index contributed by atoms with van der Waals surface area (Å²) in [4.78, 5) is 14.9. The van der Waals surface area contributed by atoms with Crippen molar-refractivity contribution in [2.45, 2.75) is 43.8 Å². The molecule has 1 aliphatic carbocycles. The van der Waals surface area contributed by atoms with Gasteiger partial charge in [0.2, 0.25) is 0 Å². The van der Waals surface area contributed by atoms with Crippen LogP contribution in [0.1, 0.15) is 46.7 Å². The Balaban J connectivity index is 1.07. The first-order chi connectivity index (χ1) is 15.7. The van der Waals surface area contributed by atoms with E-state index < -0.39 is 0 Å². The van der Waals surface area contributed by atoms with Gasteiger partial charge in [0.15, 0.2) is 0 Å². The fraction of sp³-hybridized carbons (Fsp3) is 0.321. The molecule has 3 aromatic carbocycles. The number of amides is 1. The van der Waals surface area contributed by atoms with Crippen LogP contribution in [0.5, 0.6) is 0 Å². The first kappa shape index (κ1) is 20.9. The molecule has 0 bridgehead atoms. The van der Waals surface area contributed by atoms with Crippen LogP contribution in [0.3, 0.4) is 0 Å². The second-order valence-corrected chi connectivity index (χ2v) is 9.09. The fourth-order valence-electron chi connectivity index (χ4n) is 4.76. The van der Waals surface area contributed by atoms with Crippen LogP contribution < -0.4 is 10.6 Å². The number of nitrogens with zero attached hydrogens (tertiary/aromatic N) is 1. The van der Waals surface area contributed by atoms with Crippen molar-refractivity contribution in [2.75, 3.05) is 18.4 Å². The number of nitrogens with one attached hydrogen (secondary N) is 2. The van der Waals surface area contributed by atoms with Crippen LogP contribution in [0, 0.1) is 0 Å². The number of likely N-dealkylation sites (tertiary alicyclic amines) is 1. The standard InChI is InChI=1S/C28H31N3O/c32-28(23-9-5-2-6-10-23)30-24-13-11-22(12-14-24)26-19-27(26)29-25-15-17-31(18-16-25)20-21-7-3-1-4-8-21/h1-14,25-27,29H,15-20H2,(H,30,32). The van der Waals surface area contributed by atoms with Crippen molar-refractivity contribution in [3.05, 3.63) is 102 Å². The SMILES string of the molecule is O=C(Nc1ccc(C2CC2NC2CCN(Cc3ccccc3)CC2)cc1)c1ccccc1. The zero-order valence-corrected chi connectivity index (χ0v) is 18.4. The highest BCUT2D eigenvalue weighted by Crippen LogP contribution is 2.41. The predicted octanol–water partition coefficient (Wildman–Crippen LogP) is 5.05. The molecular weight excluding hydrogens is 394 g/mol. The Hall–Kier alpha value is -2.95. The molecule has 1 amide bonds. The third-order valence-electron chi connectivity index (χ3n) is 6.71. The highest BCUT2D eigenvalue weighted by molar-refractivity contribution is 6.04. The van der Waals surface area contributed by atoms with Gasteiger partial charge >= 0.3 is 0 Å². The molecule has 0 aromatic heterocycles. The number of carbonyl (C=O) groups excluding carboxylic acids is 1. The summed E-state index contributed by atoms with van der Waals surface area (Å²) in [6.45, 7) is 3.40. The summed E-state index contributed by atoms with van der Waals surface area (Å²) >= 11 is 0. The Labute approximate surface area is 190 Å². The Morgan fingerprint density at radius 2 is 1.50 bits per heavy atom. The molecule has 164 valence electrons. The maximum atomic E-state index is 12.3. The van der Waals surface area contributed by atoms with Crippen LogP contribution in [-0.4, -0.2) is 36.0 Å². The zero-order chi connectivity index (χ0) is 21.8. The molecule has 1 aliphatic heterocycles. The number of piperidine rings is 1. The Bertz CT molecular complexity index is 1010. The highest BCUT2D eigenvalue weighted by Gasteiger charge is 2.39. The van der Waals surface area contributed by atoms with Crippen LogP contribution in [0.15, 0.2) is 84.9 Å². The van der Waals surface area contributed by atoms with E-state index in [2.05, 4.69) is 58.0 Å². The molecule has 1 saturated heterocycles. The van der Waals surface area contributed by atoms with Crippen molar-refractivity contribution < 1.29 is 4.79 Å². The van der Waals surface area contributed by atoms with Gasteiger partial charge in [-0.15, -0.1) is 0 Å². The highest BCUT2D eigenvalue weighted by atomic mass is 16.1. The van der Waals surface area contributed by atoms with Crippen molar-refractivity contribution in [2.24, 2.45) is 0 Å². The normalized spacial score (nSPS) is 21.2. The second-order valence-electron chi connectivity index (χ2n) is 9.09. The lowest BCUT2D eigenvalue weighted by molar-refractivity contribution is 0.102. The Morgan fingerprint density at radius 1 is 0.844 bits per heavy atom. The van der Waals surface area contributed by atoms with Gasteiger partial charge in [-0.25, -0.2) is 0 Å². The molecule has 2 unspecified atom stereocenters. The van der Waals surface area contributed by atoms with Crippen molar-refractivity contribution in [1.29, 1.82) is 0 Å². The average Bonchev–Trinajstić information content (AvgIpc) is 3.61. The molecule has 0 spiro atoms. The van der Waals surface area contributed by atoms with Crippen LogP contribution in [-0.2, 0) is 6.54 Å². The Morgan fingerprint density at radius 3 is 2.19 bits per heavy atom. The van der Waals surface area contributed by atoms with E-state index in [1.807, 2.05) is 42.5 Å². The molecule has 2 aliphatic rings. The summed E-state index contributed by atoms with van der Waals surface area (Å²) in [5.74, 6) is 0.527. The Kier molecular flexibility index (Phi) is 6.33. The zero-order valence-electron chi connectivity index (χ0n) is 18.4. The lowest BCUT2D eigenvalue weighted by Crippen LogP contribution is -2.43. The number of carbonyl (C=O) groups is 1. The number of anilines is 1. The van der Waals surface area contributed by atoms with E-state index in [-0.39, 0.29) is 5.91 Å². The number of hydrogen-bond acceptors (Lipinski definition) is 3. The molecule has 3 aromatic rings. The average molecular weight is 426 g/mol. The minimum atomic E-state index is -0.0667. The van der Waals surface area contributed by atoms with Gasteiger partial charge in [-0.05, 0) is 67.7 Å². The van der Waals surface area contributed by atoms with Crippen molar-refractivity contribution >= 4 is 11.6 Å². The minimum absolute atomic E-state index is 0.0667. The molecule has 32 heavy (non-hydrogen) atoms. The monoisotopic (exact) mass is 425 g/mol. The van der Waals surface area contributed by atoms with E-state index in [0.717, 1.165) is 12.2 Å². The maximum absolute atomic E-state index is 12.3. The van der Waals surface area contributed by atoms with Crippen molar-refractivity contribution in [1.82, 2.24) is 10.2 Å². The summed E-state index contributed by atoms with van der Waals surface area (Å²) in [5, 5.41) is 6.88. The molecular formula is C28H31N3O. The van der Waals surface area contributed by atoms with Crippen molar-refractivity contribution in [3.63, 3.8) is 0 Å². The molecule has 4 nitrogen and oxygen atoms in total. The van der Waals surface area contributed by atoms with Crippen molar-refractivity contribution in [3.8, 4) is 0 Å². The summed E-state index contributed by atoms with van der Waals surface area (Å²) in [6.07, 6.45) is 3.65. The molecule has 5 rings (SSSR count). The smallest absolute Gasteiger partial charge is 0.255 e. The van der Waals surface area contributed by atoms with Gasteiger partial charge in [-0.3, -0.25) is 9.69 Å². The van der Waals surface area contributed by atoms with Crippen LogP contribution >= 0.6 is 0 Å². The van der Waals surface area contributed by atoms with Gasteiger partial charge < -0.3 is 10.6 Å². The molecule has 1 heterocycles. The summed E-state index contributed by atoms with van der Waals surface area (Å²) in [6, 6.07) is 29.7. The fourth-order valence-corrected chi connectivity index (χ4v) is 4.76. The molecule has 1 saturated carbocycles. The van der Waals surface area contributed by atoms with E-state index in [1.165, 1.54) is 43.5 Å². The largest absolute Gasteiger partial charge is 0.322 e. The number of benzene rings is 3. The molecule has 0 radical (unpaired) electrons. The number of rotatable bonds is 7. The number of hydrogen-bond donors (Lipinski definition) is 2. The van der Waals surface area contributed by atoms with Gasteiger partial charge in [0, 0.05) is 35.8 Å². The third-order valence-corrected chi connectivity index (χ3v) is 6.71. The van der Waals surface area contributed by atoms with Gasteiger partial charge in [-0.2, -0.15) is 0 Å². The van der Waals surface area contributed by atoms with Gasteiger partial charge in [-0.1, -0.05) is 60.7 Å². The molecule has 2 fully saturated rings. The van der Waals surface area contributed by atoms with E-state index in [0.29, 0.717) is 23.6 Å². The quantitative estimate of drug-likeness (QED) is 0.557. The predicted molar refractivity (Wildman–Crippen MR) is 130 cm³/mol. The first-order valence-electron chi connectivity index (χ1n) is 11.7. The second kappa shape index (κ2) is 9.68. The minimum Gasteiger partial charge on any atom is -0.322 e. The topological polar surface area (TPSA) is 44.4 Å². The first-order valence-corrected chi connectivity index (χ1v) is 11.7. The molecule has 2 N–H and O–H groups in total. The summed E-state index contributed by atoms with van der Waals surface area (Å²) in [5.41, 5.74) is 4.29. The van der Waals surface area contributed by atoms with Crippen LogP contribution in [0.25, 0.3) is 0 Å². The molecule has 4 heteroatoms. The lowest BCUT2D eigenvalue weighted by atomic mass is 10.0. The van der Waals surface area contributed by atoms with E-state index in [9.17, 15) is 4.79 Å².